The van der Waals surface area contributed by atoms with E-state index in [2.05, 4.69) is 9.98 Å². The van der Waals surface area contributed by atoms with E-state index < -0.39 is 0 Å². The van der Waals surface area contributed by atoms with Crippen LogP contribution in [0.5, 0.6) is 0 Å². The summed E-state index contributed by atoms with van der Waals surface area (Å²) in [6.45, 7) is 8.02. The molecule has 2 N–H and O–H groups in total. The maximum atomic E-state index is 8.98. The molecule has 0 aliphatic rings. The van der Waals surface area contributed by atoms with Crippen molar-refractivity contribution < 1.29 is 27.0 Å². The van der Waals surface area contributed by atoms with E-state index in [0.29, 0.717) is 13.1 Å². The summed E-state index contributed by atoms with van der Waals surface area (Å²) in [5.41, 5.74) is 1.56. The summed E-state index contributed by atoms with van der Waals surface area (Å²) in [6.07, 6.45) is 3.21. The normalized spacial score (nSPS) is 14.6. The zero-order valence-corrected chi connectivity index (χ0v) is 11.7. The Morgan fingerprint density at radius 3 is 1.35 bits per heavy atom. The van der Waals surface area contributed by atoms with Gasteiger partial charge in [0, 0.05) is 28.2 Å². The molecule has 0 heterocycles. The van der Waals surface area contributed by atoms with Gasteiger partial charge in [-0.05, 0) is 39.8 Å². The SMILES string of the molecule is CC(/C=C(/C)O)=NCCN=C(C)/C=C(/C)O.[Co]. The molecule has 4 nitrogen and oxygen atoms in total. The summed E-state index contributed by atoms with van der Waals surface area (Å²) < 4.78 is 0. The molecule has 5 heteroatoms. The van der Waals surface area contributed by atoms with E-state index >= 15 is 0 Å². The van der Waals surface area contributed by atoms with Crippen LogP contribution in [0.4, 0.5) is 0 Å². The standard InChI is InChI=1S/C12H20N2O2.Co/c1-9(7-11(3)15)13-5-6-14-10(2)8-12(4)16;/h7-8,15-16H,5-6H2,1-4H3;/b11-7-,12-8-,13-9?,14-10?;. The van der Waals surface area contributed by atoms with Crippen molar-refractivity contribution in [3.05, 3.63) is 23.7 Å². The second-order valence-electron chi connectivity index (χ2n) is 3.62. The van der Waals surface area contributed by atoms with Crippen molar-refractivity contribution in [1.82, 2.24) is 0 Å². The van der Waals surface area contributed by atoms with E-state index in [1.165, 1.54) is 0 Å². The molecule has 0 bridgehead atoms. The molecule has 0 amide bonds. The summed E-state index contributed by atoms with van der Waals surface area (Å²) in [6, 6.07) is 0. The second-order valence-corrected chi connectivity index (χ2v) is 3.62. The average Bonchev–Trinajstić information content (AvgIpc) is 2.10. The molecule has 99 valence electrons. The third-order valence-corrected chi connectivity index (χ3v) is 1.66. The molecule has 0 aromatic rings. The molecule has 0 rings (SSSR count). The Hall–Kier alpha value is -1.07. The number of rotatable bonds is 5. The first kappa shape index (κ1) is 18.3. The van der Waals surface area contributed by atoms with Crippen molar-refractivity contribution in [2.75, 3.05) is 13.1 Å². The maximum absolute atomic E-state index is 8.98. The molecule has 0 aromatic carbocycles. The van der Waals surface area contributed by atoms with Crippen molar-refractivity contribution >= 4 is 11.4 Å². The van der Waals surface area contributed by atoms with Crippen LogP contribution in [0.15, 0.2) is 33.7 Å². The quantitative estimate of drug-likeness (QED) is 0.463. The van der Waals surface area contributed by atoms with Crippen LogP contribution >= 0.6 is 0 Å². The summed E-state index contributed by atoms with van der Waals surface area (Å²) in [4.78, 5) is 8.41. The minimum absolute atomic E-state index is 0. The Balaban J connectivity index is 0. The monoisotopic (exact) mass is 283 g/mol. The number of aliphatic hydroxyl groups excluding tert-OH is 2. The topological polar surface area (TPSA) is 65.2 Å². The third kappa shape index (κ3) is 12.9. The Bertz CT molecular complexity index is 302. The van der Waals surface area contributed by atoms with Gasteiger partial charge in [0.15, 0.2) is 0 Å². The first-order valence-corrected chi connectivity index (χ1v) is 5.18. The molecule has 0 aliphatic heterocycles. The molecule has 1 radical (unpaired) electrons. The fraction of sp³-hybridized carbons (Fsp3) is 0.500. The molecule has 17 heavy (non-hydrogen) atoms. The van der Waals surface area contributed by atoms with Crippen LogP contribution in [0.1, 0.15) is 27.7 Å². The van der Waals surface area contributed by atoms with Gasteiger partial charge in [-0.1, -0.05) is 0 Å². The number of aliphatic imine (C=N–C) groups is 2. The van der Waals surface area contributed by atoms with Gasteiger partial charge in [-0.2, -0.15) is 0 Å². The van der Waals surface area contributed by atoms with Gasteiger partial charge in [-0.25, -0.2) is 0 Å². The predicted octanol–water partition coefficient (Wildman–Crippen LogP) is 2.83. The van der Waals surface area contributed by atoms with E-state index in [0.717, 1.165) is 11.4 Å². The number of allylic oxidation sites excluding steroid dienone is 4. The van der Waals surface area contributed by atoms with Gasteiger partial charge in [0.2, 0.25) is 0 Å². The first-order chi connectivity index (χ1) is 7.41. The number of nitrogens with zero attached hydrogens (tertiary/aromatic N) is 2. The molecule has 0 aromatic heterocycles. The van der Waals surface area contributed by atoms with Gasteiger partial charge in [-0.15, -0.1) is 0 Å². The molecule has 0 fully saturated rings. The van der Waals surface area contributed by atoms with Crippen LogP contribution in [0.3, 0.4) is 0 Å². The molecule has 0 saturated carbocycles. The zero-order valence-electron chi connectivity index (χ0n) is 10.7. The number of hydrogen-bond donors (Lipinski definition) is 2. The average molecular weight is 283 g/mol. The van der Waals surface area contributed by atoms with Gasteiger partial charge < -0.3 is 10.2 Å². The van der Waals surface area contributed by atoms with Crippen LogP contribution in [0.25, 0.3) is 0 Å². The summed E-state index contributed by atoms with van der Waals surface area (Å²) in [7, 11) is 0. The van der Waals surface area contributed by atoms with Gasteiger partial charge in [0.05, 0.1) is 24.6 Å². The van der Waals surface area contributed by atoms with Crippen molar-refractivity contribution in [2.24, 2.45) is 9.98 Å². The minimum atomic E-state index is 0. The Morgan fingerprint density at radius 1 is 0.824 bits per heavy atom. The third-order valence-electron chi connectivity index (χ3n) is 1.66. The molecular weight excluding hydrogens is 263 g/mol. The fourth-order valence-electron chi connectivity index (χ4n) is 1.15. The number of hydrogen-bond acceptors (Lipinski definition) is 4. The van der Waals surface area contributed by atoms with Crippen molar-refractivity contribution in [3.8, 4) is 0 Å². The van der Waals surface area contributed by atoms with Crippen molar-refractivity contribution in [2.45, 2.75) is 27.7 Å². The van der Waals surface area contributed by atoms with Crippen LogP contribution in [-0.4, -0.2) is 34.7 Å². The first-order valence-electron chi connectivity index (χ1n) is 5.18. The molecule has 0 saturated heterocycles. The van der Waals surface area contributed by atoms with Crippen LogP contribution < -0.4 is 0 Å². The number of aliphatic hydroxyl groups is 2. The van der Waals surface area contributed by atoms with Crippen LogP contribution in [-0.2, 0) is 16.8 Å². The Morgan fingerprint density at radius 2 is 1.12 bits per heavy atom. The Labute approximate surface area is 113 Å². The van der Waals surface area contributed by atoms with E-state index in [4.69, 9.17) is 10.2 Å². The van der Waals surface area contributed by atoms with Crippen LogP contribution in [0.2, 0.25) is 0 Å². The van der Waals surface area contributed by atoms with E-state index in [1.54, 1.807) is 26.0 Å². The van der Waals surface area contributed by atoms with Crippen molar-refractivity contribution in [1.29, 1.82) is 0 Å². The van der Waals surface area contributed by atoms with E-state index in [9.17, 15) is 0 Å². The summed E-state index contributed by atoms with van der Waals surface area (Å²) in [5.74, 6) is 0.500. The van der Waals surface area contributed by atoms with Gasteiger partial charge in [0.25, 0.3) is 0 Å². The predicted molar refractivity (Wildman–Crippen MR) is 68.7 cm³/mol. The fourth-order valence-corrected chi connectivity index (χ4v) is 1.15. The van der Waals surface area contributed by atoms with E-state index in [-0.39, 0.29) is 28.3 Å². The Kier molecular flexibility index (Phi) is 10.9. The van der Waals surface area contributed by atoms with Gasteiger partial charge in [0.1, 0.15) is 0 Å². The maximum Gasteiger partial charge on any atom is 0.0909 e. The summed E-state index contributed by atoms with van der Waals surface area (Å²) in [5, 5.41) is 18.0. The molecule has 0 atom stereocenters. The largest absolute Gasteiger partial charge is 0.513 e. The molecule has 0 aliphatic carbocycles. The zero-order chi connectivity index (χ0) is 12.6. The smallest absolute Gasteiger partial charge is 0.0909 e. The van der Waals surface area contributed by atoms with E-state index in [1.807, 2.05) is 13.8 Å². The minimum Gasteiger partial charge on any atom is -0.513 e. The van der Waals surface area contributed by atoms with Crippen molar-refractivity contribution in [3.63, 3.8) is 0 Å². The molecule has 0 unspecified atom stereocenters. The summed E-state index contributed by atoms with van der Waals surface area (Å²) >= 11 is 0. The molecule has 0 spiro atoms. The second kappa shape index (κ2) is 10.1. The molecular formula is C12H20CoN2O2. The van der Waals surface area contributed by atoms with Gasteiger partial charge in [-0.3, -0.25) is 9.98 Å². The van der Waals surface area contributed by atoms with Crippen LogP contribution in [0, 0.1) is 0 Å². The van der Waals surface area contributed by atoms with Gasteiger partial charge >= 0.3 is 0 Å².